The molecule has 0 spiro atoms. The van der Waals surface area contributed by atoms with Gasteiger partial charge in [-0.3, -0.25) is 0 Å². The first-order chi connectivity index (χ1) is 9.84. The Morgan fingerprint density at radius 3 is 2.43 bits per heavy atom. The smallest absolute Gasteiger partial charge is 0.340 e. The molecule has 2 rings (SSSR count). The third-order valence-corrected chi connectivity index (χ3v) is 5.12. The molecule has 0 unspecified atom stereocenters. The second kappa shape index (κ2) is 5.97. The third-order valence-electron chi connectivity index (χ3n) is 3.40. The van der Waals surface area contributed by atoms with Crippen molar-refractivity contribution < 1.29 is 26.7 Å². The van der Waals surface area contributed by atoms with E-state index in [1.807, 2.05) is 0 Å². The van der Waals surface area contributed by atoms with Crippen molar-refractivity contribution in [2.45, 2.75) is 18.9 Å². The number of carbonyl (C=O) groups excluding carboxylic acids is 1. The van der Waals surface area contributed by atoms with Crippen LogP contribution in [-0.4, -0.2) is 39.0 Å². The number of rotatable bonds is 3. The van der Waals surface area contributed by atoms with E-state index < -0.39 is 33.0 Å². The van der Waals surface area contributed by atoms with Crippen molar-refractivity contribution in [2.24, 2.45) is 0 Å². The zero-order valence-electron chi connectivity index (χ0n) is 11.4. The van der Waals surface area contributed by atoms with Crippen LogP contribution in [0.15, 0.2) is 12.1 Å². The van der Waals surface area contributed by atoms with Gasteiger partial charge in [0.1, 0.15) is 9.84 Å². The van der Waals surface area contributed by atoms with Crippen LogP contribution in [0.2, 0.25) is 0 Å². The number of ether oxygens (including phenoxy) is 1. The van der Waals surface area contributed by atoms with Gasteiger partial charge in [0.2, 0.25) is 0 Å². The number of benzene rings is 1. The predicted octanol–water partition coefficient (Wildman–Crippen LogP) is 1.74. The highest BCUT2D eigenvalue weighted by Gasteiger charge is 2.25. The molecule has 0 radical (unpaired) electrons. The van der Waals surface area contributed by atoms with Crippen molar-refractivity contribution in [1.82, 2.24) is 0 Å². The van der Waals surface area contributed by atoms with Crippen LogP contribution in [0.5, 0.6) is 0 Å². The van der Waals surface area contributed by atoms with E-state index in [4.69, 9.17) is 0 Å². The zero-order valence-corrected chi connectivity index (χ0v) is 12.2. The lowest BCUT2D eigenvalue weighted by atomic mass is 10.1. The van der Waals surface area contributed by atoms with E-state index >= 15 is 0 Å². The maximum absolute atomic E-state index is 13.9. The average Bonchev–Trinajstić information content (AvgIpc) is 2.45. The number of hydrogen-bond acceptors (Lipinski definition) is 5. The molecule has 0 aliphatic carbocycles. The monoisotopic (exact) mass is 319 g/mol. The highest BCUT2D eigenvalue weighted by atomic mass is 32.2. The summed E-state index contributed by atoms with van der Waals surface area (Å²) in [6.45, 7) is 0. The molecule has 8 heteroatoms. The minimum atomic E-state index is -3.02. The molecule has 0 aromatic heterocycles. The first kappa shape index (κ1) is 15.7. The summed E-state index contributed by atoms with van der Waals surface area (Å²) in [5, 5.41) is 2.78. The van der Waals surface area contributed by atoms with Gasteiger partial charge in [0, 0.05) is 6.04 Å². The van der Waals surface area contributed by atoms with Gasteiger partial charge in [0.25, 0.3) is 0 Å². The standard InChI is InChI=1S/C13H15F2NO4S/c1-20-13(17)9-2-3-10(12(15)11(9)14)16-8-4-6-21(18,19)7-5-8/h2-3,8,16H,4-7H2,1H3. The van der Waals surface area contributed by atoms with Gasteiger partial charge in [0.05, 0.1) is 29.9 Å². The van der Waals surface area contributed by atoms with Crippen molar-refractivity contribution in [1.29, 1.82) is 0 Å². The molecule has 0 saturated carbocycles. The minimum Gasteiger partial charge on any atom is -0.465 e. The quantitative estimate of drug-likeness (QED) is 0.859. The molecule has 1 aliphatic heterocycles. The Hall–Kier alpha value is -1.70. The van der Waals surface area contributed by atoms with Crippen molar-refractivity contribution in [2.75, 3.05) is 23.9 Å². The van der Waals surface area contributed by atoms with Crippen LogP contribution in [0.3, 0.4) is 0 Å². The van der Waals surface area contributed by atoms with Gasteiger partial charge < -0.3 is 10.1 Å². The topological polar surface area (TPSA) is 72.5 Å². The predicted molar refractivity (Wildman–Crippen MR) is 73.0 cm³/mol. The molecule has 5 nitrogen and oxygen atoms in total. The fourth-order valence-electron chi connectivity index (χ4n) is 2.18. The zero-order chi connectivity index (χ0) is 15.6. The molecule has 1 heterocycles. The van der Waals surface area contributed by atoms with Crippen molar-refractivity contribution in [3.05, 3.63) is 29.3 Å². The van der Waals surface area contributed by atoms with Gasteiger partial charge in [-0.2, -0.15) is 0 Å². The van der Waals surface area contributed by atoms with Crippen molar-refractivity contribution in [3.8, 4) is 0 Å². The summed E-state index contributed by atoms with van der Waals surface area (Å²) < 4.78 is 54.6. The highest BCUT2D eigenvalue weighted by molar-refractivity contribution is 7.91. The Labute approximate surface area is 121 Å². The van der Waals surface area contributed by atoms with E-state index in [1.54, 1.807) is 0 Å². The molecule has 0 atom stereocenters. The van der Waals surface area contributed by atoms with Crippen LogP contribution in [0.25, 0.3) is 0 Å². The van der Waals surface area contributed by atoms with Gasteiger partial charge in [-0.25, -0.2) is 22.0 Å². The van der Waals surface area contributed by atoms with E-state index in [1.165, 1.54) is 6.07 Å². The molecule has 1 aromatic rings. The molecule has 21 heavy (non-hydrogen) atoms. The lowest BCUT2D eigenvalue weighted by molar-refractivity contribution is 0.0594. The molecule has 1 aliphatic rings. The van der Waals surface area contributed by atoms with Crippen LogP contribution in [0, 0.1) is 11.6 Å². The van der Waals surface area contributed by atoms with Crippen molar-refractivity contribution >= 4 is 21.5 Å². The highest BCUT2D eigenvalue weighted by Crippen LogP contribution is 2.24. The Kier molecular flexibility index (Phi) is 4.46. The van der Waals surface area contributed by atoms with Gasteiger partial charge in [0.15, 0.2) is 11.6 Å². The van der Waals surface area contributed by atoms with Gasteiger partial charge in [-0.15, -0.1) is 0 Å². The molecule has 116 valence electrons. The second-order valence-corrected chi connectivity index (χ2v) is 7.15. The van der Waals surface area contributed by atoms with Crippen LogP contribution in [-0.2, 0) is 14.6 Å². The van der Waals surface area contributed by atoms with Gasteiger partial charge in [-0.1, -0.05) is 0 Å². The summed E-state index contributed by atoms with van der Waals surface area (Å²) in [7, 11) is -1.94. The minimum absolute atomic E-state index is 0.0228. The maximum Gasteiger partial charge on any atom is 0.340 e. The molecule has 1 saturated heterocycles. The lowest BCUT2D eigenvalue weighted by Gasteiger charge is -2.24. The van der Waals surface area contributed by atoms with Crippen molar-refractivity contribution in [3.63, 3.8) is 0 Å². The molecule has 1 aromatic carbocycles. The van der Waals surface area contributed by atoms with E-state index in [0.717, 1.165) is 13.2 Å². The fraction of sp³-hybridized carbons (Fsp3) is 0.462. The number of hydrogen-bond donors (Lipinski definition) is 1. The summed E-state index contributed by atoms with van der Waals surface area (Å²) >= 11 is 0. The first-order valence-corrected chi connectivity index (χ1v) is 8.19. The molecule has 1 N–H and O–H groups in total. The molecular weight excluding hydrogens is 304 g/mol. The molecule has 0 bridgehead atoms. The lowest BCUT2D eigenvalue weighted by Crippen LogP contribution is -2.32. The number of nitrogens with one attached hydrogen (secondary N) is 1. The average molecular weight is 319 g/mol. The number of esters is 1. The van der Waals surface area contributed by atoms with Crippen LogP contribution in [0.4, 0.5) is 14.5 Å². The summed E-state index contributed by atoms with van der Waals surface area (Å²) in [4.78, 5) is 11.2. The summed E-state index contributed by atoms with van der Waals surface area (Å²) in [6.07, 6.45) is 0.671. The Morgan fingerprint density at radius 2 is 1.86 bits per heavy atom. The molecular formula is C13H15F2NO4S. The van der Waals surface area contributed by atoms with E-state index in [-0.39, 0.29) is 23.2 Å². The van der Waals surface area contributed by atoms with Gasteiger partial charge in [-0.05, 0) is 25.0 Å². The Morgan fingerprint density at radius 1 is 1.24 bits per heavy atom. The second-order valence-electron chi connectivity index (χ2n) is 4.85. The summed E-state index contributed by atoms with van der Waals surface area (Å²) in [5.74, 6) is -3.37. The van der Waals surface area contributed by atoms with E-state index in [2.05, 4.69) is 10.1 Å². The van der Waals surface area contributed by atoms with E-state index in [9.17, 15) is 22.0 Å². The van der Waals surface area contributed by atoms with Crippen LogP contribution >= 0.6 is 0 Å². The van der Waals surface area contributed by atoms with Crippen LogP contribution < -0.4 is 5.32 Å². The summed E-state index contributed by atoms with van der Waals surface area (Å²) in [5.41, 5.74) is -0.573. The normalized spacial score (nSPS) is 18.2. The first-order valence-electron chi connectivity index (χ1n) is 6.37. The van der Waals surface area contributed by atoms with Gasteiger partial charge >= 0.3 is 5.97 Å². The number of halogens is 2. The largest absolute Gasteiger partial charge is 0.465 e. The number of methoxy groups -OCH3 is 1. The van der Waals surface area contributed by atoms with E-state index in [0.29, 0.717) is 12.8 Å². The SMILES string of the molecule is COC(=O)c1ccc(NC2CCS(=O)(=O)CC2)c(F)c1F. The number of anilines is 1. The number of carbonyl (C=O) groups is 1. The molecule has 1 fully saturated rings. The number of sulfone groups is 1. The van der Waals surface area contributed by atoms with Crippen LogP contribution in [0.1, 0.15) is 23.2 Å². The third kappa shape index (κ3) is 3.49. The fourth-order valence-corrected chi connectivity index (χ4v) is 3.67. The Bertz CT molecular complexity index is 646. The Balaban J connectivity index is 2.15. The maximum atomic E-state index is 13.9. The summed E-state index contributed by atoms with van der Waals surface area (Å²) in [6, 6.07) is 2.13. The molecule has 0 amide bonds.